The fourth-order valence-electron chi connectivity index (χ4n) is 1.87. The number of nitrogens with one attached hydrogen (secondary N) is 2. The molecule has 5 heteroatoms. The Labute approximate surface area is 113 Å². The highest BCUT2D eigenvalue weighted by Gasteiger charge is 2.04. The molecule has 0 aliphatic rings. The third-order valence-electron chi connectivity index (χ3n) is 2.89. The van der Waals surface area contributed by atoms with Crippen LogP contribution in [-0.2, 0) is 13.0 Å². The maximum Gasteiger partial charge on any atom is 0.160 e. The number of ether oxygens (including phenoxy) is 2. The van der Waals surface area contributed by atoms with Gasteiger partial charge in [-0.15, -0.1) is 0 Å². The molecule has 2 N–H and O–H groups in total. The minimum absolute atomic E-state index is 0.750. The Kier molecular flexibility index (Phi) is 4.80. The molecule has 5 nitrogen and oxygen atoms in total. The van der Waals surface area contributed by atoms with Gasteiger partial charge in [-0.1, -0.05) is 6.07 Å². The SMILES string of the molecule is COc1ccc(CCNCc2ncc[nH]2)cc1OC. The van der Waals surface area contributed by atoms with E-state index in [1.165, 1.54) is 5.56 Å². The van der Waals surface area contributed by atoms with Crippen LogP contribution in [0.4, 0.5) is 0 Å². The highest BCUT2D eigenvalue weighted by atomic mass is 16.5. The van der Waals surface area contributed by atoms with E-state index in [0.29, 0.717) is 0 Å². The number of benzene rings is 1. The fourth-order valence-corrected chi connectivity index (χ4v) is 1.87. The Balaban J connectivity index is 1.82. The summed E-state index contributed by atoms with van der Waals surface area (Å²) in [4.78, 5) is 7.22. The molecular weight excluding hydrogens is 242 g/mol. The first-order chi connectivity index (χ1) is 9.33. The molecule has 2 rings (SSSR count). The summed E-state index contributed by atoms with van der Waals surface area (Å²) in [5.74, 6) is 2.48. The third kappa shape index (κ3) is 3.72. The average Bonchev–Trinajstić information content (AvgIpc) is 2.96. The van der Waals surface area contributed by atoms with Gasteiger partial charge in [0.2, 0.25) is 0 Å². The van der Waals surface area contributed by atoms with Gasteiger partial charge in [0.1, 0.15) is 5.82 Å². The van der Waals surface area contributed by atoms with Gasteiger partial charge in [0.05, 0.1) is 20.8 Å². The van der Waals surface area contributed by atoms with E-state index in [0.717, 1.165) is 36.8 Å². The van der Waals surface area contributed by atoms with Crippen LogP contribution in [0.1, 0.15) is 11.4 Å². The molecule has 0 unspecified atom stereocenters. The molecule has 1 aromatic carbocycles. The Morgan fingerprint density at radius 3 is 2.74 bits per heavy atom. The van der Waals surface area contributed by atoms with Gasteiger partial charge in [-0.2, -0.15) is 0 Å². The van der Waals surface area contributed by atoms with E-state index < -0.39 is 0 Å². The Bertz CT molecular complexity index is 497. The number of nitrogens with zero attached hydrogens (tertiary/aromatic N) is 1. The van der Waals surface area contributed by atoms with Crippen LogP contribution < -0.4 is 14.8 Å². The molecule has 0 saturated carbocycles. The zero-order valence-electron chi connectivity index (χ0n) is 11.3. The van der Waals surface area contributed by atoms with Gasteiger partial charge in [0, 0.05) is 12.4 Å². The summed E-state index contributed by atoms with van der Waals surface area (Å²) in [7, 11) is 3.29. The van der Waals surface area contributed by atoms with Gasteiger partial charge in [-0.05, 0) is 30.7 Å². The molecule has 0 bridgehead atoms. The monoisotopic (exact) mass is 261 g/mol. The minimum Gasteiger partial charge on any atom is -0.493 e. The summed E-state index contributed by atoms with van der Waals surface area (Å²) < 4.78 is 10.5. The van der Waals surface area contributed by atoms with Gasteiger partial charge in [-0.25, -0.2) is 4.98 Å². The molecule has 1 aromatic heterocycles. The second-order valence-corrected chi connectivity index (χ2v) is 4.15. The molecule has 0 radical (unpaired) electrons. The van der Waals surface area contributed by atoms with Crippen molar-refractivity contribution >= 4 is 0 Å². The smallest absolute Gasteiger partial charge is 0.160 e. The maximum atomic E-state index is 5.28. The topological polar surface area (TPSA) is 59.2 Å². The molecule has 0 aliphatic carbocycles. The number of hydrogen-bond donors (Lipinski definition) is 2. The third-order valence-corrected chi connectivity index (χ3v) is 2.89. The highest BCUT2D eigenvalue weighted by Crippen LogP contribution is 2.27. The number of imidazole rings is 1. The van der Waals surface area contributed by atoms with E-state index in [2.05, 4.69) is 21.4 Å². The van der Waals surface area contributed by atoms with Crippen LogP contribution in [0.2, 0.25) is 0 Å². The van der Waals surface area contributed by atoms with Crippen molar-refractivity contribution in [2.75, 3.05) is 20.8 Å². The lowest BCUT2D eigenvalue weighted by atomic mass is 10.1. The lowest BCUT2D eigenvalue weighted by Crippen LogP contribution is -2.17. The fraction of sp³-hybridized carbons (Fsp3) is 0.357. The van der Waals surface area contributed by atoms with Crippen LogP contribution in [0.25, 0.3) is 0 Å². The van der Waals surface area contributed by atoms with Crippen molar-refractivity contribution in [3.05, 3.63) is 42.0 Å². The van der Waals surface area contributed by atoms with E-state index >= 15 is 0 Å². The van der Waals surface area contributed by atoms with E-state index in [4.69, 9.17) is 9.47 Å². The van der Waals surface area contributed by atoms with E-state index in [-0.39, 0.29) is 0 Å². The molecule has 0 atom stereocenters. The summed E-state index contributed by atoms with van der Waals surface area (Å²) in [6, 6.07) is 5.99. The van der Waals surface area contributed by atoms with Gasteiger partial charge in [0.25, 0.3) is 0 Å². The van der Waals surface area contributed by atoms with Crippen molar-refractivity contribution in [3.8, 4) is 11.5 Å². The Morgan fingerprint density at radius 2 is 2.05 bits per heavy atom. The van der Waals surface area contributed by atoms with Crippen molar-refractivity contribution in [1.82, 2.24) is 15.3 Å². The number of rotatable bonds is 7. The number of aromatic nitrogens is 2. The lowest BCUT2D eigenvalue weighted by molar-refractivity contribution is 0.354. The van der Waals surface area contributed by atoms with Crippen molar-refractivity contribution in [3.63, 3.8) is 0 Å². The molecule has 0 saturated heterocycles. The van der Waals surface area contributed by atoms with E-state index in [9.17, 15) is 0 Å². The molecule has 1 heterocycles. The second kappa shape index (κ2) is 6.80. The molecule has 0 fully saturated rings. The van der Waals surface area contributed by atoms with Crippen LogP contribution in [0, 0.1) is 0 Å². The number of methoxy groups -OCH3 is 2. The van der Waals surface area contributed by atoms with Crippen LogP contribution >= 0.6 is 0 Å². The van der Waals surface area contributed by atoms with Crippen molar-refractivity contribution < 1.29 is 9.47 Å². The van der Waals surface area contributed by atoms with Crippen LogP contribution in [0.15, 0.2) is 30.6 Å². The molecule has 2 aromatic rings. The zero-order chi connectivity index (χ0) is 13.5. The first-order valence-electron chi connectivity index (χ1n) is 6.23. The number of aromatic amines is 1. The predicted molar refractivity (Wildman–Crippen MR) is 73.5 cm³/mol. The molecule has 19 heavy (non-hydrogen) atoms. The standard InChI is InChI=1S/C14H19N3O2/c1-18-12-4-3-11(9-13(12)19-2)5-6-15-10-14-16-7-8-17-14/h3-4,7-9,15H,5-6,10H2,1-2H3,(H,16,17). The summed E-state index contributed by atoms with van der Waals surface area (Å²) in [5.41, 5.74) is 1.21. The Hall–Kier alpha value is -2.01. The molecular formula is C14H19N3O2. The molecule has 0 amide bonds. The maximum absolute atomic E-state index is 5.28. The average molecular weight is 261 g/mol. The van der Waals surface area contributed by atoms with E-state index in [1.54, 1.807) is 20.4 Å². The van der Waals surface area contributed by atoms with Gasteiger partial charge in [-0.3, -0.25) is 0 Å². The van der Waals surface area contributed by atoms with Crippen molar-refractivity contribution in [2.45, 2.75) is 13.0 Å². The summed E-state index contributed by atoms with van der Waals surface area (Å²) in [5, 5.41) is 3.34. The molecule has 102 valence electrons. The van der Waals surface area contributed by atoms with Crippen LogP contribution in [0.3, 0.4) is 0 Å². The van der Waals surface area contributed by atoms with Crippen molar-refractivity contribution in [2.24, 2.45) is 0 Å². The van der Waals surface area contributed by atoms with Crippen molar-refractivity contribution in [1.29, 1.82) is 0 Å². The summed E-state index contributed by atoms with van der Waals surface area (Å²) in [6.07, 6.45) is 4.51. The highest BCUT2D eigenvalue weighted by molar-refractivity contribution is 5.42. The van der Waals surface area contributed by atoms with Crippen LogP contribution in [0.5, 0.6) is 11.5 Å². The lowest BCUT2D eigenvalue weighted by Gasteiger charge is -2.09. The largest absolute Gasteiger partial charge is 0.493 e. The Morgan fingerprint density at radius 1 is 1.21 bits per heavy atom. The first-order valence-corrected chi connectivity index (χ1v) is 6.23. The number of hydrogen-bond acceptors (Lipinski definition) is 4. The summed E-state index contributed by atoms with van der Waals surface area (Å²) in [6.45, 7) is 1.64. The van der Waals surface area contributed by atoms with Gasteiger partial charge < -0.3 is 19.8 Å². The minimum atomic E-state index is 0.750. The van der Waals surface area contributed by atoms with Crippen LogP contribution in [-0.4, -0.2) is 30.7 Å². The number of H-pyrrole nitrogens is 1. The predicted octanol–water partition coefficient (Wildman–Crippen LogP) is 1.76. The summed E-state index contributed by atoms with van der Waals surface area (Å²) >= 11 is 0. The second-order valence-electron chi connectivity index (χ2n) is 4.15. The van der Waals surface area contributed by atoms with E-state index in [1.807, 2.05) is 18.3 Å². The first kappa shape index (κ1) is 13.4. The quantitative estimate of drug-likeness (QED) is 0.746. The molecule has 0 spiro atoms. The van der Waals surface area contributed by atoms with Gasteiger partial charge in [0.15, 0.2) is 11.5 Å². The zero-order valence-corrected chi connectivity index (χ0v) is 11.3. The molecule has 0 aliphatic heterocycles. The normalized spacial score (nSPS) is 10.4. The van der Waals surface area contributed by atoms with Gasteiger partial charge >= 0.3 is 0 Å².